The second-order valence-electron chi connectivity index (χ2n) is 7.91. The third kappa shape index (κ3) is 5.27. The molecule has 8 nitrogen and oxygen atoms in total. The Bertz CT molecular complexity index is 1210. The van der Waals surface area contributed by atoms with E-state index in [0.717, 1.165) is 13.1 Å². The third-order valence-electron chi connectivity index (χ3n) is 5.45. The van der Waals surface area contributed by atoms with Crippen molar-refractivity contribution in [3.8, 4) is 17.0 Å². The molecule has 0 atom stereocenters. The summed E-state index contributed by atoms with van der Waals surface area (Å²) in [6.45, 7) is 6.28. The molecule has 0 radical (unpaired) electrons. The van der Waals surface area contributed by atoms with Crippen molar-refractivity contribution in [2.75, 3.05) is 48.8 Å². The highest BCUT2D eigenvalue weighted by molar-refractivity contribution is 6.33. The summed E-state index contributed by atoms with van der Waals surface area (Å²) in [6.07, 6.45) is 2.60. The zero-order chi connectivity index (χ0) is 24.2. The van der Waals surface area contributed by atoms with E-state index < -0.39 is 5.82 Å². The Kier molecular flexibility index (Phi) is 6.95. The van der Waals surface area contributed by atoms with Crippen LogP contribution in [-0.2, 0) is 4.79 Å². The van der Waals surface area contributed by atoms with Gasteiger partial charge in [0.2, 0.25) is 11.9 Å². The molecule has 1 aromatic heterocycles. The molecule has 2 heterocycles. The first kappa shape index (κ1) is 23.5. The second kappa shape index (κ2) is 10.1. The smallest absolute Gasteiger partial charge is 0.247 e. The van der Waals surface area contributed by atoms with Crippen LogP contribution in [0.4, 0.5) is 27.4 Å². The zero-order valence-electron chi connectivity index (χ0n) is 18.6. The molecule has 4 rings (SSSR count). The molecule has 34 heavy (non-hydrogen) atoms. The predicted molar refractivity (Wildman–Crippen MR) is 132 cm³/mol. The quantitative estimate of drug-likeness (QED) is 0.452. The number of nitrogens with one attached hydrogen (secondary N) is 2. The maximum Gasteiger partial charge on any atom is 0.247 e. The normalized spacial score (nSPS) is 14.0. The first-order valence-electron chi connectivity index (χ1n) is 10.6. The lowest BCUT2D eigenvalue weighted by atomic mass is 10.1. The Hall–Kier alpha value is -3.69. The van der Waals surface area contributed by atoms with Gasteiger partial charge in [-0.2, -0.15) is 0 Å². The number of nitrogens with zero attached hydrogens (tertiary/aromatic N) is 4. The summed E-state index contributed by atoms with van der Waals surface area (Å²) in [5, 5.41) is 16.4. The fourth-order valence-electron chi connectivity index (χ4n) is 3.70. The number of carbonyl (C=O) groups excluding carboxylic acids is 1. The molecule has 0 unspecified atom stereocenters. The van der Waals surface area contributed by atoms with Crippen molar-refractivity contribution in [1.29, 1.82) is 0 Å². The number of phenolic OH excluding ortho intramolecular Hbond substituents is 1. The molecule has 3 N–H and O–H groups in total. The first-order chi connectivity index (χ1) is 16.3. The minimum absolute atomic E-state index is 0.160. The maximum atomic E-state index is 14.9. The third-order valence-corrected chi connectivity index (χ3v) is 5.73. The lowest BCUT2D eigenvalue weighted by Crippen LogP contribution is -2.44. The number of piperazine rings is 1. The van der Waals surface area contributed by atoms with E-state index in [1.54, 1.807) is 24.3 Å². The maximum absolute atomic E-state index is 14.9. The lowest BCUT2D eigenvalue weighted by Gasteiger charge is -2.34. The van der Waals surface area contributed by atoms with Crippen LogP contribution < -0.4 is 15.5 Å². The second-order valence-corrected chi connectivity index (χ2v) is 8.31. The molecule has 10 heteroatoms. The highest BCUT2D eigenvalue weighted by Gasteiger charge is 2.21. The van der Waals surface area contributed by atoms with Crippen molar-refractivity contribution in [2.45, 2.75) is 0 Å². The van der Waals surface area contributed by atoms with Crippen LogP contribution in [0.25, 0.3) is 11.3 Å². The van der Waals surface area contributed by atoms with Gasteiger partial charge in [0.15, 0.2) is 5.82 Å². The summed E-state index contributed by atoms with van der Waals surface area (Å²) in [5.41, 5.74) is 2.12. The number of halogens is 2. The lowest BCUT2D eigenvalue weighted by molar-refractivity contribution is -0.111. The monoisotopic (exact) mass is 482 g/mol. The molecule has 2 aromatic carbocycles. The molecule has 0 bridgehead atoms. The van der Waals surface area contributed by atoms with Crippen LogP contribution in [0.3, 0.4) is 0 Å². The van der Waals surface area contributed by atoms with Crippen molar-refractivity contribution in [3.05, 3.63) is 66.1 Å². The van der Waals surface area contributed by atoms with Crippen LogP contribution in [0, 0.1) is 5.82 Å². The Balaban J connectivity index is 1.58. The number of likely N-dealkylation sites (N-methyl/N-ethyl adjacent to an activating group) is 1. The van der Waals surface area contributed by atoms with E-state index in [4.69, 9.17) is 11.6 Å². The van der Waals surface area contributed by atoms with Crippen LogP contribution in [0.1, 0.15) is 0 Å². The summed E-state index contributed by atoms with van der Waals surface area (Å²) in [5.74, 6) is -0.861. The Morgan fingerprint density at radius 1 is 1.21 bits per heavy atom. The van der Waals surface area contributed by atoms with Crippen LogP contribution in [0.2, 0.25) is 5.02 Å². The molecular formula is C24H24ClFN6O2. The standard InChI is InChI=1S/C24H24ClFN6O2/c1-3-21(34)28-16-6-4-5-15(11-16)22-18(25)14-27-24(30-22)29-17-12-19(26)23(20(33)13-17)32-9-7-31(2)8-10-32/h3-6,11-14,33H,1,7-10H2,2H3,(H,28,34)(H,27,29,30). The van der Waals surface area contributed by atoms with Gasteiger partial charge in [-0.15, -0.1) is 0 Å². The molecule has 1 aliphatic rings. The molecule has 1 amide bonds. The fourth-order valence-corrected chi connectivity index (χ4v) is 3.90. The summed E-state index contributed by atoms with van der Waals surface area (Å²) in [7, 11) is 2.01. The van der Waals surface area contributed by atoms with Gasteiger partial charge in [-0.3, -0.25) is 4.79 Å². The number of rotatable bonds is 6. The Morgan fingerprint density at radius 2 is 1.97 bits per heavy atom. The Morgan fingerprint density at radius 3 is 2.68 bits per heavy atom. The van der Waals surface area contributed by atoms with Gasteiger partial charge in [0.25, 0.3) is 0 Å². The zero-order valence-corrected chi connectivity index (χ0v) is 19.3. The van der Waals surface area contributed by atoms with E-state index >= 15 is 0 Å². The molecule has 3 aromatic rings. The molecule has 0 spiro atoms. The molecular weight excluding hydrogens is 459 g/mol. The Labute approximate surface area is 201 Å². The van der Waals surface area contributed by atoms with Crippen molar-refractivity contribution in [3.63, 3.8) is 0 Å². The van der Waals surface area contributed by atoms with Crippen LogP contribution in [0.15, 0.2) is 55.3 Å². The number of amides is 1. The van der Waals surface area contributed by atoms with E-state index in [-0.39, 0.29) is 23.3 Å². The van der Waals surface area contributed by atoms with Crippen LogP contribution in [0.5, 0.6) is 5.75 Å². The topological polar surface area (TPSA) is 93.6 Å². The molecule has 0 aliphatic carbocycles. The minimum atomic E-state index is -0.535. The first-order valence-corrected chi connectivity index (χ1v) is 11.0. The van der Waals surface area contributed by atoms with E-state index in [1.165, 1.54) is 24.4 Å². The van der Waals surface area contributed by atoms with Crippen molar-refractivity contribution >= 4 is 40.5 Å². The van der Waals surface area contributed by atoms with Gasteiger partial charge in [0.05, 0.1) is 16.9 Å². The fraction of sp³-hybridized carbons (Fsp3) is 0.208. The van der Waals surface area contributed by atoms with Gasteiger partial charge in [0.1, 0.15) is 11.4 Å². The van der Waals surface area contributed by atoms with Gasteiger partial charge in [-0.05, 0) is 31.3 Å². The number of benzene rings is 2. The highest BCUT2D eigenvalue weighted by atomic mass is 35.5. The van der Waals surface area contributed by atoms with Crippen molar-refractivity contribution < 1.29 is 14.3 Å². The minimum Gasteiger partial charge on any atom is -0.506 e. The molecule has 1 aliphatic heterocycles. The highest BCUT2D eigenvalue weighted by Crippen LogP contribution is 2.35. The van der Waals surface area contributed by atoms with Gasteiger partial charge in [-0.1, -0.05) is 30.3 Å². The van der Waals surface area contributed by atoms with Crippen LogP contribution in [-0.4, -0.2) is 59.1 Å². The molecule has 1 fully saturated rings. The SMILES string of the molecule is C=CC(=O)Nc1cccc(-c2nc(Nc3cc(O)c(N4CCN(C)CC4)c(F)c3)ncc2Cl)c1. The van der Waals surface area contributed by atoms with Crippen molar-refractivity contribution in [1.82, 2.24) is 14.9 Å². The number of carbonyl (C=O) groups is 1. The summed E-state index contributed by atoms with van der Waals surface area (Å²) < 4.78 is 14.9. The summed E-state index contributed by atoms with van der Waals surface area (Å²) in [6, 6.07) is 9.74. The van der Waals surface area contributed by atoms with Gasteiger partial charge < -0.3 is 25.5 Å². The number of phenols is 1. The number of anilines is 4. The summed E-state index contributed by atoms with van der Waals surface area (Å²) >= 11 is 6.32. The van der Waals surface area contributed by atoms with E-state index in [1.807, 2.05) is 11.9 Å². The van der Waals surface area contributed by atoms with E-state index in [9.17, 15) is 14.3 Å². The van der Waals surface area contributed by atoms with Gasteiger partial charge >= 0.3 is 0 Å². The number of hydrogen-bond donors (Lipinski definition) is 3. The average molecular weight is 483 g/mol. The molecule has 1 saturated heterocycles. The predicted octanol–water partition coefficient (Wildman–Crippen LogP) is 4.26. The number of aromatic nitrogens is 2. The summed E-state index contributed by atoms with van der Waals surface area (Å²) in [4.78, 5) is 24.2. The molecule has 0 saturated carbocycles. The average Bonchev–Trinajstić information content (AvgIpc) is 2.81. The van der Waals surface area contributed by atoms with Crippen molar-refractivity contribution in [2.24, 2.45) is 0 Å². The number of hydrogen-bond acceptors (Lipinski definition) is 7. The van der Waals surface area contributed by atoms with Gasteiger partial charge in [-0.25, -0.2) is 14.4 Å². The number of aromatic hydroxyl groups is 1. The van der Waals surface area contributed by atoms with E-state index in [2.05, 4.69) is 32.1 Å². The van der Waals surface area contributed by atoms with Crippen LogP contribution >= 0.6 is 11.6 Å². The largest absolute Gasteiger partial charge is 0.506 e. The van der Waals surface area contributed by atoms with Gasteiger partial charge in [0, 0.05) is 49.2 Å². The molecule has 176 valence electrons. The van der Waals surface area contributed by atoms with E-state index in [0.29, 0.717) is 40.7 Å².